The summed E-state index contributed by atoms with van der Waals surface area (Å²) in [7, 11) is -3.44. The Morgan fingerprint density at radius 1 is 1.05 bits per heavy atom. The minimum absolute atomic E-state index is 0.0546. The maximum Gasteiger partial charge on any atom is 0.257 e. The number of carbonyl (C=O) groups is 1. The average molecular weight is 318 g/mol. The molecule has 2 aromatic rings. The van der Waals surface area contributed by atoms with Crippen LogP contribution in [0.1, 0.15) is 22.8 Å². The van der Waals surface area contributed by atoms with Crippen LogP contribution in [0.4, 0.5) is 11.4 Å². The fourth-order valence-electron chi connectivity index (χ4n) is 1.85. The number of para-hydroxylation sites is 1. The highest BCUT2D eigenvalue weighted by atomic mass is 32.2. The van der Waals surface area contributed by atoms with Crippen molar-refractivity contribution in [1.82, 2.24) is 0 Å². The average Bonchev–Trinajstić information content (AvgIpc) is 2.50. The Labute approximate surface area is 130 Å². The lowest BCUT2D eigenvalue weighted by Crippen LogP contribution is -2.19. The van der Waals surface area contributed by atoms with Crippen LogP contribution in [0.3, 0.4) is 0 Å². The van der Waals surface area contributed by atoms with Gasteiger partial charge in [0.2, 0.25) is 10.0 Å². The molecule has 0 saturated heterocycles. The fourth-order valence-corrected chi connectivity index (χ4v) is 2.50. The molecule has 2 rings (SSSR count). The molecular weight excluding hydrogens is 300 g/mol. The number of amides is 1. The summed E-state index contributed by atoms with van der Waals surface area (Å²) >= 11 is 0. The van der Waals surface area contributed by atoms with Crippen LogP contribution in [0.2, 0.25) is 0 Å². The second kappa shape index (κ2) is 6.62. The summed E-state index contributed by atoms with van der Waals surface area (Å²) < 4.78 is 25.8. The largest absolute Gasteiger partial charge is 0.322 e. The maximum absolute atomic E-state index is 12.3. The minimum atomic E-state index is -3.44. The molecule has 0 unspecified atom stereocenters. The Kier molecular flexibility index (Phi) is 4.82. The van der Waals surface area contributed by atoms with E-state index in [4.69, 9.17) is 0 Å². The van der Waals surface area contributed by atoms with Crippen molar-refractivity contribution in [1.29, 1.82) is 0 Å². The van der Waals surface area contributed by atoms with Gasteiger partial charge < -0.3 is 5.32 Å². The van der Waals surface area contributed by atoms with Gasteiger partial charge in [-0.2, -0.15) is 0 Å². The van der Waals surface area contributed by atoms with Crippen LogP contribution in [0.15, 0.2) is 48.5 Å². The van der Waals surface area contributed by atoms with Crippen molar-refractivity contribution in [2.45, 2.75) is 13.8 Å². The number of rotatable bonds is 5. The molecular formula is C16H18N2O3S. The van der Waals surface area contributed by atoms with Gasteiger partial charge in [0, 0.05) is 5.69 Å². The molecule has 0 spiro atoms. The number of anilines is 2. The molecule has 116 valence electrons. The molecule has 0 bridgehead atoms. The number of hydrogen-bond acceptors (Lipinski definition) is 3. The van der Waals surface area contributed by atoms with E-state index in [1.54, 1.807) is 36.4 Å². The number of aryl methyl sites for hydroxylation is 1. The van der Waals surface area contributed by atoms with Crippen LogP contribution in [-0.2, 0) is 10.0 Å². The highest BCUT2D eigenvalue weighted by Crippen LogP contribution is 2.19. The maximum atomic E-state index is 12.3. The molecule has 0 aromatic heterocycles. The van der Waals surface area contributed by atoms with Crippen molar-refractivity contribution in [3.63, 3.8) is 0 Å². The Hall–Kier alpha value is -2.34. The molecule has 2 N–H and O–H groups in total. The van der Waals surface area contributed by atoms with Crippen LogP contribution >= 0.6 is 0 Å². The van der Waals surface area contributed by atoms with E-state index >= 15 is 0 Å². The smallest absolute Gasteiger partial charge is 0.257 e. The molecule has 22 heavy (non-hydrogen) atoms. The number of nitrogens with one attached hydrogen (secondary N) is 2. The Balaban J connectivity index is 2.24. The Morgan fingerprint density at radius 3 is 2.32 bits per heavy atom. The van der Waals surface area contributed by atoms with Crippen molar-refractivity contribution >= 4 is 27.3 Å². The standard InChI is InChI=1S/C16H18N2O3S/c1-3-22(20,21)18-15-7-5-4-6-14(15)16(19)17-13-10-8-12(2)9-11-13/h4-11,18H,3H2,1-2H3,(H,17,19). The van der Waals surface area contributed by atoms with Gasteiger partial charge in [0.05, 0.1) is 17.0 Å². The van der Waals surface area contributed by atoms with Crippen molar-refractivity contribution in [3.05, 3.63) is 59.7 Å². The fraction of sp³-hybridized carbons (Fsp3) is 0.188. The third kappa shape index (κ3) is 4.08. The minimum Gasteiger partial charge on any atom is -0.322 e. The summed E-state index contributed by atoms with van der Waals surface area (Å²) in [6.07, 6.45) is 0. The van der Waals surface area contributed by atoms with Crippen LogP contribution < -0.4 is 10.0 Å². The quantitative estimate of drug-likeness (QED) is 0.890. The van der Waals surface area contributed by atoms with E-state index in [0.29, 0.717) is 5.69 Å². The predicted octanol–water partition coefficient (Wildman–Crippen LogP) is 3.01. The zero-order valence-corrected chi connectivity index (χ0v) is 13.3. The molecule has 0 saturated carbocycles. The molecule has 0 radical (unpaired) electrons. The first-order chi connectivity index (χ1) is 10.4. The van der Waals surface area contributed by atoms with E-state index in [2.05, 4.69) is 10.0 Å². The Bertz CT molecular complexity index is 768. The van der Waals surface area contributed by atoms with Gasteiger partial charge in [0.15, 0.2) is 0 Å². The number of carbonyl (C=O) groups excluding carboxylic acids is 1. The van der Waals surface area contributed by atoms with Crippen LogP contribution in [0, 0.1) is 6.92 Å². The van der Waals surface area contributed by atoms with Gasteiger partial charge in [0.25, 0.3) is 5.91 Å². The van der Waals surface area contributed by atoms with Crippen LogP contribution in [0.25, 0.3) is 0 Å². The summed E-state index contributed by atoms with van der Waals surface area (Å²) in [6.45, 7) is 3.50. The number of benzene rings is 2. The third-order valence-electron chi connectivity index (χ3n) is 3.13. The zero-order valence-electron chi connectivity index (χ0n) is 12.5. The SMILES string of the molecule is CCS(=O)(=O)Nc1ccccc1C(=O)Nc1ccc(C)cc1. The first kappa shape index (κ1) is 16.0. The molecule has 0 aliphatic heterocycles. The second-order valence-corrected chi connectivity index (χ2v) is 6.88. The Morgan fingerprint density at radius 2 is 1.68 bits per heavy atom. The lowest BCUT2D eigenvalue weighted by atomic mass is 10.1. The number of hydrogen-bond donors (Lipinski definition) is 2. The lowest BCUT2D eigenvalue weighted by Gasteiger charge is -2.12. The van der Waals surface area contributed by atoms with Crippen molar-refractivity contribution < 1.29 is 13.2 Å². The van der Waals surface area contributed by atoms with Gasteiger partial charge in [-0.3, -0.25) is 9.52 Å². The summed E-state index contributed by atoms with van der Waals surface area (Å²) in [5.41, 5.74) is 2.30. The molecule has 5 nitrogen and oxygen atoms in total. The van der Waals surface area contributed by atoms with Gasteiger partial charge in [-0.1, -0.05) is 29.8 Å². The molecule has 6 heteroatoms. The third-order valence-corrected chi connectivity index (χ3v) is 4.42. The van der Waals surface area contributed by atoms with Gasteiger partial charge in [-0.25, -0.2) is 8.42 Å². The highest BCUT2D eigenvalue weighted by Gasteiger charge is 2.15. The van der Waals surface area contributed by atoms with Crippen molar-refractivity contribution in [3.8, 4) is 0 Å². The molecule has 0 fully saturated rings. The van der Waals surface area contributed by atoms with Crippen molar-refractivity contribution in [2.75, 3.05) is 15.8 Å². The van der Waals surface area contributed by atoms with Crippen molar-refractivity contribution in [2.24, 2.45) is 0 Å². The normalized spacial score (nSPS) is 11.0. The topological polar surface area (TPSA) is 75.3 Å². The molecule has 0 atom stereocenters. The molecule has 1 amide bonds. The molecule has 0 heterocycles. The molecule has 2 aromatic carbocycles. The van der Waals surface area contributed by atoms with E-state index in [1.807, 2.05) is 19.1 Å². The van der Waals surface area contributed by atoms with E-state index in [1.165, 1.54) is 6.92 Å². The van der Waals surface area contributed by atoms with Gasteiger partial charge >= 0.3 is 0 Å². The van der Waals surface area contributed by atoms with Crippen LogP contribution in [-0.4, -0.2) is 20.1 Å². The summed E-state index contributed by atoms with van der Waals surface area (Å²) in [5.74, 6) is -0.417. The first-order valence-corrected chi connectivity index (χ1v) is 8.54. The van der Waals surface area contributed by atoms with E-state index < -0.39 is 10.0 Å². The van der Waals surface area contributed by atoms with Gasteiger partial charge in [-0.15, -0.1) is 0 Å². The molecule has 0 aliphatic rings. The first-order valence-electron chi connectivity index (χ1n) is 6.89. The summed E-state index contributed by atoms with van der Waals surface area (Å²) in [5, 5.41) is 2.76. The van der Waals surface area contributed by atoms with Crippen LogP contribution in [0.5, 0.6) is 0 Å². The van der Waals surface area contributed by atoms with Gasteiger partial charge in [-0.05, 0) is 38.1 Å². The summed E-state index contributed by atoms with van der Waals surface area (Å²) in [4.78, 5) is 12.3. The lowest BCUT2D eigenvalue weighted by molar-refractivity contribution is 0.102. The number of sulfonamides is 1. The predicted molar refractivity (Wildman–Crippen MR) is 88.7 cm³/mol. The summed E-state index contributed by atoms with van der Waals surface area (Å²) in [6, 6.07) is 13.9. The van der Waals surface area contributed by atoms with E-state index in [9.17, 15) is 13.2 Å². The molecule has 0 aliphatic carbocycles. The zero-order chi connectivity index (χ0) is 16.2. The second-order valence-electron chi connectivity index (χ2n) is 4.87. The monoisotopic (exact) mass is 318 g/mol. The van der Waals surface area contributed by atoms with Gasteiger partial charge in [0.1, 0.15) is 0 Å². The highest BCUT2D eigenvalue weighted by molar-refractivity contribution is 7.92. The van der Waals surface area contributed by atoms with E-state index in [0.717, 1.165) is 5.56 Å². The van der Waals surface area contributed by atoms with E-state index in [-0.39, 0.29) is 22.9 Å².